The second-order valence-corrected chi connectivity index (χ2v) is 5.05. The number of nitrogens with one attached hydrogen (secondary N) is 1. The Balaban J connectivity index is 1.43. The average Bonchev–Trinajstić information content (AvgIpc) is 3.02. The molecule has 1 N–H and O–H groups in total. The molecule has 1 saturated carbocycles. The number of ether oxygens (including phenoxy) is 1. The van der Waals surface area contributed by atoms with Crippen molar-refractivity contribution in [3.05, 3.63) is 0 Å². The van der Waals surface area contributed by atoms with Gasteiger partial charge in [-0.3, -0.25) is 4.79 Å². The van der Waals surface area contributed by atoms with Crippen molar-refractivity contribution in [2.24, 2.45) is 5.92 Å². The molecule has 7 nitrogen and oxygen atoms in total. The van der Waals surface area contributed by atoms with E-state index in [1.807, 2.05) is 0 Å². The van der Waals surface area contributed by atoms with E-state index in [1.54, 1.807) is 4.90 Å². The average molecular weight is 253 g/mol. The quantitative estimate of drug-likeness (QED) is 0.753. The molecule has 3 fully saturated rings. The standard InChI is InChI=1S/C11H15N3O4/c15-9-6-18-11(17)14(9)5-7-3-13(4-7)10(16)12-8-1-2-8/h7-8H,1-6H2,(H,12,16). The van der Waals surface area contributed by atoms with E-state index in [4.69, 9.17) is 0 Å². The number of cyclic esters (lactones) is 1. The first kappa shape index (κ1) is 11.3. The molecule has 7 heteroatoms. The first-order chi connectivity index (χ1) is 8.63. The van der Waals surface area contributed by atoms with Gasteiger partial charge in [0.2, 0.25) is 0 Å². The summed E-state index contributed by atoms with van der Waals surface area (Å²) in [5, 5.41) is 2.90. The fraction of sp³-hybridized carbons (Fsp3) is 0.727. The van der Waals surface area contributed by atoms with Gasteiger partial charge in [-0.2, -0.15) is 0 Å². The van der Waals surface area contributed by atoms with Crippen LogP contribution >= 0.6 is 0 Å². The number of hydrogen-bond donors (Lipinski definition) is 1. The summed E-state index contributed by atoms with van der Waals surface area (Å²) in [7, 11) is 0. The summed E-state index contributed by atoms with van der Waals surface area (Å²) in [6, 6.07) is 0.316. The smallest absolute Gasteiger partial charge is 0.417 e. The van der Waals surface area contributed by atoms with E-state index in [0.29, 0.717) is 25.7 Å². The molecule has 0 aromatic carbocycles. The maximum atomic E-state index is 11.6. The minimum absolute atomic E-state index is 0.0379. The molecule has 4 amide bonds. The Hall–Kier alpha value is -1.79. The molecule has 0 atom stereocenters. The Morgan fingerprint density at radius 2 is 2.06 bits per heavy atom. The molecule has 3 aliphatic rings. The van der Waals surface area contributed by atoms with Gasteiger partial charge in [0.25, 0.3) is 5.91 Å². The molecule has 0 spiro atoms. The van der Waals surface area contributed by atoms with E-state index in [2.05, 4.69) is 10.1 Å². The second-order valence-electron chi connectivity index (χ2n) is 5.05. The van der Waals surface area contributed by atoms with Crippen molar-refractivity contribution in [3.8, 4) is 0 Å². The number of amides is 4. The van der Waals surface area contributed by atoms with Crippen molar-refractivity contribution in [1.82, 2.24) is 15.1 Å². The molecule has 98 valence electrons. The predicted octanol–water partition coefficient (Wildman–Crippen LogP) is -0.231. The predicted molar refractivity (Wildman–Crippen MR) is 59.7 cm³/mol. The van der Waals surface area contributed by atoms with Gasteiger partial charge in [-0.25, -0.2) is 14.5 Å². The zero-order chi connectivity index (χ0) is 12.7. The lowest BCUT2D eigenvalue weighted by molar-refractivity contribution is -0.126. The summed E-state index contributed by atoms with van der Waals surface area (Å²) < 4.78 is 4.63. The van der Waals surface area contributed by atoms with Crippen LogP contribution < -0.4 is 5.32 Å². The molecule has 0 unspecified atom stereocenters. The van der Waals surface area contributed by atoms with Crippen LogP contribution in [0.4, 0.5) is 9.59 Å². The van der Waals surface area contributed by atoms with Crippen LogP contribution in [-0.4, -0.2) is 60.1 Å². The Morgan fingerprint density at radius 1 is 1.33 bits per heavy atom. The van der Waals surface area contributed by atoms with Gasteiger partial charge in [0.1, 0.15) is 0 Å². The molecule has 0 radical (unpaired) electrons. The van der Waals surface area contributed by atoms with Crippen molar-refractivity contribution in [3.63, 3.8) is 0 Å². The zero-order valence-electron chi connectivity index (χ0n) is 9.92. The van der Waals surface area contributed by atoms with Crippen LogP contribution in [0.2, 0.25) is 0 Å². The minimum Gasteiger partial charge on any atom is -0.439 e. The van der Waals surface area contributed by atoms with Crippen LogP contribution in [0.5, 0.6) is 0 Å². The number of carbonyl (C=O) groups is 3. The first-order valence-corrected chi connectivity index (χ1v) is 6.16. The molecule has 0 aromatic rings. The highest BCUT2D eigenvalue weighted by atomic mass is 16.6. The lowest BCUT2D eigenvalue weighted by Gasteiger charge is -2.40. The highest BCUT2D eigenvalue weighted by Gasteiger charge is 2.39. The van der Waals surface area contributed by atoms with E-state index >= 15 is 0 Å². The summed E-state index contributed by atoms with van der Waals surface area (Å²) in [4.78, 5) is 37.0. The fourth-order valence-corrected chi connectivity index (χ4v) is 2.16. The summed E-state index contributed by atoms with van der Waals surface area (Å²) in [6.45, 7) is 1.38. The molecular weight excluding hydrogens is 238 g/mol. The van der Waals surface area contributed by atoms with Gasteiger partial charge in [0.15, 0.2) is 6.61 Å². The van der Waals surface area contributed by atoms with E-state index in [9.17, 15) is 14.4 Å². The zero-order valence-corrected chi connectivity index (χ0v) is 9.92. The van der Waals surface area contributed by atoms with Crippen molar-refractivity contribution < 1.29 is 19.1 Å². The highest BCUT2D eigenvalue weighted by Crippen LogP contribution is 2.22. The van der Waals surface area contributed by atoms with E-state index < -0.39 is 6.09 Å². The SMILES string of the molecule is O=C(NC1CC1)N1CC(CN2C(=O)COC2=O)C1. The van der Waals surface area contributed by atoms with Gasteiger partial charge in [0.05, 0.1) is 0 Å². The Morgan fingerprint density at radius 3 is 2.61 bits per heavy atom. The molecule has 3 rings (SSSR count). The van der Waals surface area contributed by atoms with Gasteiger partial charge in [-0.1, -0.05) is 0 Å². The number of rotatable bonds is 3. The maximum Gasteiger partial charge on any atom is 0.417 e. The Labute approximate surface area is 104 Å². The maximum absolute atomic E-state index is 11.6. The third kappa shape index (κ3) is 2.12. The van der Waals surface area contributed by atoms with Crippen LogP contribution in [0.1, 0.15) is 12.8 Å². The monoisotopic (exact) mass is 253 g/mol. The second kappa shape index (κ2) is 4.15. The van der Waals surface area contributed by atoms with Gasteiger partial charge in [0, 0.05) is 31.6 Å². The summed E-state index contributed by atoms with van der Waals surface area (Å²) >= 11 is 0. The lowest BCUT2D eigenvalue weighted by Crippen LogP contribution is -2.57. The van der Waals surface area contributed by atoms with Crippen LogP contribution in [0.3, 0.4) is 0 Å². The lowest BCUT2D eigenvalue weighted by atomic mass is 10.0. The van der Waals surface area contributed by atoms with E-state index in [0.717, 1.165) is 17.7 Å². The van der Waals surface area contributed by atoms with Gasteiger partial charge < -0.3 is 15.0 Å². The van der Waals surface area contributed by atoms with Gasteiger partial charge >= 0.3 is 12.1 Å². The normalized spacial score (nSPS) is 24.0. The molecule has 18 heavy (non-hydrogen) atoms. The van der Waals surface area contributed by atoms with Gasteiger partial charge in [-0.05, 0) is 12.8 Å². The van der Waals surface area contributed by atoms with Crippen molar-refractivity contribution in [2.75, 3.05) is 26.2 Å². The van der Waals surface area contributed by atoms with Crippen molar-refractivity contribution in [1.29, 1.82) is 0 Å². The largest absolute Gasteiger partial charge is 0.439 e. The number of imide groups is 1. The number of urea groups is 1. The van der Waals surface area contributed by atoms with Crippen molar-refractivity contribution >= 4 is 18.0 Å². The summed E-state index contributed by atoms with van der Waals surface area (Å²) in [6.07, 6.45) is 1.56. The number of likely N-dealkylation sites (tertiary alicyclic amines) is 1. The van der Waals surface area contributed by atoms with E-state index in [-0.39, 0.29) is 24.5 Å². The van der Waals surface area contributed by atoms with Crippen LogP contribution in [0, 0.1) is 5.92 Å². The summed E-state index contributed by atoms with van der Waals surface area (Å²) in [5.41, 5.74) is 0. The first-order valence-electron chi connectivity index (χ1n) is 6.16. The third-order valence-electron chi connectivity index (χ3n) is 3.43. The molecule has 2 aliphatic heterocycles. The molecular formula is C11H15N3O4. The Bertz CT molecular complexity index is 385. The van der Waals surface area contributed by atoms with Crippen LogP contribution in [-0.2, 0) is 9.53 Å². The van der Waals surface area contributed by atoms with Crippen molar-refractivity contribution in [2.45, 2.75) is 18.9 Å². The topological polar surface area (TPSA) is 79.0 Å². The van der Waals surface area contributed by atoms with Crippen LogP contribution in [0.25, 0.3) is 0 Å². The van der Waals surface area contributed by atoms with Crippen LogP contribution in [0.15, 0.2) is 0 Å². The minimum atomic E-state index is -0.569. The number of hydrogen-bond acceptors (Lipinski definition) is 4. The number of carbonyl (C=O) groups excluding carboxylic acids is 3. The van der Waals surface area contributed by atoms with E-state index in [1.165, 1.54) is 0 Å². The fourth-order valence-electron chi connectivity index (χ4n) is 2.16. The molecule has 2 saturated heterocycles. The Kier molecular flexibility index (Phi) is 2.61. The summed E-state index contributed by atoms with van der Waals surface area (Å²) in [5.74, 6) is -0.120. The molecule has 1 aliphatic carbocycles. The number of nitrogens with zero attached hydrogens (tertiary/aromatic N) is 2. The van der Waals surface area contributed by atoms with Gasteiger partial charge in [-0.15, -0.1) is 0 Å². The molecule has 2 heterocycles. The highest BCUT2D eigenvalue weighted by molar-refractivity contribution is 5.97. The third-order valence-corrected chi connectivity index (χ3v) is 3.43. The molecule has 0 aromatic heterocycles. The molecule has 0 bridgehead atoms.